The lowest BCUT2D eigenvalue weighted by molar-refractivity contribution is -0.143. The fraction of sp³-hybridized carbons (Fsp3) is 0.375. The number of phenols is 1. The summed E-state index contributed by atoms with van der Waals surface area (Å²) in [5, 5.41) is 19.9. The first-order valence-corrected chi connectivity index (χ1v) is 12.8. The SMILES string of the molecule is CCOC(=O)CNC(=O)COc1cc(C(C)C)ccc1CCNS(=O)(=O)c1cc(C(=N)N)ccc1O. The van der Waals surface area contributed by atoms with Crippen LogP contribution in [-0.4, -0.2) is 57.5 Å². The van der Waals surface area contributed by atoms with Crippen LogP contribution < -0.4 is 20.5 Å². The van der Waals surface area contributed by atoms with E-state index in [0.29, 0.717) is 11.3 Å². The molecule has 0 aliphatic rings. The third-order valence-electron chi connectivity index (χ3n) is 5.10. The highest BCUT2D eigenvalue weighted by Gasteiger charge is 2.20. The molecule has 36 heavy (non-hydrogen) atoms. The maximum atomic E-state index is 12.7. The Kier molecular flexibility index (Phi) is 10.2. The highest BCUT2D eigenvalue weighted by Crippen LogP contribution is 2.26. The van der Waals surface area contributed by atoms with Crippen LogP contribution in [0.3, 0.4) is 0 Å². The van der Waals surface area contributed by atoms with E-state index >= 15 is 0 Å². The molecule has 0 aromatic heterocycles. The molecule has 2 aromatic carbocycles. The van der Waals surface area contributed by atoms with E-state index in [-0.39, 0.29) is 54.9 Å². The average Bonchev–Trinajstić information content (AvgIpc) is 2.81. The molecule has 0 unspecified atom stereocenters. The highest BCUT2D eigenvalue weighted by atomic mass is 32.2. The van der Waals surface area contributed by atoms with Gasteiger partial charge in [-0.3, -0.25) is 15.0 Å². The molecule has 0 bridgehead atoms. The second kappa shape index (κ2) is 12.9. The molecule has 0 saturated carbocycles. The number of nitrogens with two attached hydrogens (primary N) is 1. The molecule has 0 saturated heterocycles. The predicted molar refractivity (Wildman–Crippen MR) is 134 cm³/mol. The van der Waals surface area contributed by atoms with Gasteiger partial charge in [0.15, 0.2) is 6.61 Å². The Labute approximate surface area is 210 Å². The number of nitrogens with one attached hydrogen (secondary N) is 3. The Morgan fingerprint density at radius 2 is 1.89 bits per heavy atom. The van der Waals surface area contributed by atoms with Crippen molar-refractivity contribution in [1.82, 2.24) is 10.0 Å². The Hall–Kier alpha value is -3.64. The number of aromatic hydroxyl groups is 1. The van der Waals surface area contributed by atoms with E-state index in [1.165, 1.54) is 6.07 Å². The molecule has 12 heteroatoms. The zero-order valence-electron chi connectivity index (χ0n) is 20.5. The van der Waals surface area contributed by atoms with E-state index in [0.717, 1.165) is 17.7 Å². The van der Waals surface area contributed by atoms with Gasteiger partial charge in [-0.15, -0.1) is 0 Å². The summed E-state index contributed by atoms with van der Waals surface area (Å²) in [5.74, 6) is -1.26. The third kappa shape index (κ3) is 8.24. The number of amides is 1. The molecule has 0 aliphatic carbocycles. The van der Waals surface area contributed by atoms with Gasteiger partial charge in [-0.05, 0) is 54.7 Å². The molecule has 6 N–H and O–H groups in total. The van der Waals surface area contributed by atoms with Crippen molar-refractivity contribution >= 4 is 27.7 Å². The molecule has 2 rings (SSSR count). The minimum absolute atomic E-state index is 0.0293. The Morgan fingerprint density at radius 1 is 1.17 bits per heavy atom. The number of ether oxygens (including phenoxy) is 2. The summed E-state index contributed by atoms with van der Waals surface area (Å²) >= 11 is 0. The van der Waals surface area contributed by atoms with Crippen molar-refractivity contribution in [3.63, 3.8) is 0 Å². The minimum atomic E-state index is -4.10. The molecular weight excluding hydrogens is 488 g/mol. The van der Waals surface area contributed by atoms with Crippen LogP contribution in [0.25, 0.3) is 0 Å². The normalized spacial score (nSPS) is 11.2. The summed E-state index contributed by atoms with van der Waals surface area (Å²) in [4.78, 5) is 23.1. The summed E-state index contributed by atoms with van der Waals surface area (Å²) in [6.45, 7) is 5.24. The van der Waals surface area contributed by atoms with Gasteiger partial charge in [0.1, 0.15) is 28.8 Å². The first-order valence-electron chi connectivity index (χ1n) is 11.3. The van der Waals surface area contributed by atoms with Gasteiger partial charge in [-0.1, -0.05) is 26.0 Å². The van der Waals surface area contributed by atoms with Gasteiger partial charge in [-0.25, -0.2) is 13.1 Å². The molecule has 0 spiro atoms. The van der Waals surface area contributed by atoms with Crippen LogP contribution in [0, 0.1) is 5.41 Å². The summed E-state index contributed by atoms with van der Waals surface area (Å²) in [5.41, 5.74) is 7.20. The highest BCUT2D eigenvalue weighted by molar-refractivity contribution is 7.89. The number of hydrogen-bond donors (Lipinski definition) is 5. The van der Waals surface area contributed by atoms with Gasteiger partial charge in [0.2, 0.25) is 10.0 Å². The van der Waals surface area contributed by atoms with Crippen molar-refractivity contribution in [2.24, 2.45) is 5.73 Å². The monoisotopic (exact) mass is 520 g/mol. The molecule has 0 radical (unpaired) electrons. The second-order valence-electron chi connectivity index (χ2n) is 8.14. The zero-order valence-corrected chi connectivity index (χ0v) is 21.3. The maximum absolute atomic E-state index is 12.7. The number of carbonyl (C=O) groups is 2. The first-order chi connectivity index (χ1) is 16.9. The number of phenolic OH excluding ortho intramolecular Hbond substituents is 1. The lowest BCUT2D eigenvalue weighted by Gasteiger charge is -2.15. The topological polar surface area (TPSA) is 181 Å². The van der Waals surface area contributed by atoms with Crippen LogP contribution >= 0.6 is 0 Å². The van der Waals surface area contributed by atoms with Crippen molar-refractivity contribution in [1.29, 1.82) is 5.41 Å². The number of amidine groups is 1. The van der Waals surface area contributed by atoms with E-state index in [1.54, 1.807) is 19.1 Å². The number of hydrogen-bond acceptors (Lipinski definition) is 8. The van der Waals surface area contributed by atoms with Crippen LogP contribution in [0.2, 0.25) is 0 Å². The van der Waals surface area contributed by atoms with E-state index in [4.69, 9.17) is 20.6 Å². The average molecular weight is 521 g/mol. The molecule has 0 fully saturated rings. The van der Waals surface area contributed by atoms with E-state index < -0.39 is 27.6 Å². The van der Waals surface area contributed by atoms with Crippen LogP contribution in [-0.2, 0) is 30.8 Å². The number of benzene rings is 2. The van der Waals surface area contributed by atoms with E-state index in [9.17, 15) is 23.1 Å². The van der Waals surface area contributed by atoms with Crippen molar-refractivity contribution in [3.8, 4) is 11.5 Å². The smallest absolute Gasteiger partial charge is 0.325 e. The molecule has 2 aromatic rings. The van der Waals surface area contributed by atoms with Crippen LogP contribution in [0.5, 0.6) is 11.5 Å². The third-order valence-corrected chi connectivity index (χ3v) is 6.59. The summed E-state index contributed by atoms with van der Waals surface area (Å²) < 4.78 is 38.3. The van der Waals surface area contributed by atoms with Crippen molar-refractivity contribution < 1.29 is 32.6 Å². The lowest BCUT2D eigenvalue weighted by Crippen LogP contribution is -2.34. The maximum Gasteiger partial charge on any atom is 0.325 e. The molecule has 0 aliphatic heterocycles. The van der Waals surface area contributed by atoms with Crippen molar-refractivity contribution in [3.05, 3.63) is 53.1 Å². The number of rotatable bonds is 13. The van der Waals surface area contributed by atoms with Gasteiger partial charge in [0, 0.05) is 12.1 Å². The summed E-state index contributed by atoms with van der Waals surface area (Å²) in [7, 11) is -4.10. The summed E-state index contributed by atoms with van der Waals surface area (Å²) in [6.07, 6.45) is 0.227. The van der Waals surface area contributed by atoms with Gasteiger partial charge in [-0.2, -0.15) is 0 Å². The second-order valence-corrected chi connectivity index (χ2v) is 9.87. The minimum Gasteiger partial charge on any atom is -0.507 e. The fourth-order valence-corrected chi connectivity index (χ4v) is 4.29. The number of nitrogen functional groups attached to an aromatic ring is 1. The Bertz CT molecular complexity index is 1210. The predicted octanol–water partition coefficient (Wildman–Crippen LogP) is 1.38. The van der Waals surface area contributed by atoms with E-state index in [1.807, 2.05) is 19.9 Å². The molecule has 0 atom stereocenters. The molecule has 196 valence electrons. The van der Waals surface area contributed by atoms with Crippen LogP contribution in [0.4, 0.5) is 0 Å². The number of esters is 1. The zero-order chi connectivity index (χ0) is 26.9. The standard InChI is InChI=1S/C24H32N4O7S/c1-4-34-23(31)13-27-22(30)14-35-20-11-17(15(2)3)6-5-16(20)9-10-28-36(32,33)21-12-18(24(25)26)7-8-19(21)29/h5-8,11-12,15,28-29H,4,9-10,13-14H2,1-3H3,(H3,25,26)(H,27,30). The van der Waals surface area contributed by atoms with E-state index in [2.05, 4.69) is 10.0 Å². The van der Waals surface area contributed by atoms with Crippen LogP contribution in [0.15, 0.2) is 41.3 Å². The Balaban J connectivity index is 2.10. The number of sulfonamides is 1. The molecular formula is C24H32N4O7S. The Morgan fingerprint density at radius 3 is 2.53 bits per heavy atom. The largest absolute Gasteiger partial charge is 0.507 e. The van der Waals surface area contributed by atoms with Crippen molar-refractivity contribution in [2.75, 3.05) is 26.3 Å². The number of carbonyl (C=O) groups excluding carboxylic acids is 2. The molecule has 1 amide bonds. The van der Waals surface area contributed by atoms with Gasteiger partial charge in [0.25, 0.3) is 5.91 Å². The van der Waals surface area contributed by atoms with Gasteiger partial charge in [0.05, 0.1) is 6.61 Å². The first kappa shape index (κ1) is 28.6. The fourth-order valence-electron chi connectivity index (χ4n) is 3.14. The molecule has 0 heterocycles. The molecule has 11 nitrogen and oxygen atoms in total. The lowest BCUT2D eigenvalue weighted by atomic mass is 10.00. The van der Waals surface area contributed by atoms with Gasteiger partial charge < -0.3 is 25.6 Å². The van der Waals surface area contributed by atoms with Gasteiger partial charge >= 0.3 is 5.97 Å². The summed E-state index contributed by atoms with van der Waals surface area (Å²) in [6, 6.07) is 9.11. The van der Waals surface area contributed by atoms with Crippen LogP contribution in [0.1, 0.15) is 43.4 Å². The van der Waals surface area contributed by atoms with Crippen molar-refractivity contribution in [2.45, 2.75) is 38.0 Å². The quantitative estimate of drug-likeness (QED) is 0.149.